The molecule has 0 radical (unpaired) electrons. The molecule has 1 unspecified atom stereocenters. The molecule has 0 saturated heterocycles. The first kappa shape index (κ1) is 19.9. The van der Waals surface area contributed by atoms with Gasteiger partial charge in [-0.1, -0.05) is 41.9 Å². The summed E-state index contributed by atoms with van der Waals surface area (Å²) in [4.78, 5) is 17.3. The highest BCUT2D eigenvalue weighted by atomic mass is 35.5. The normalized spacial score (nSPS) is 11.9. The summed E-state index contributed by atoms with van der Waals surface area (Å²) in [6.45, 7) is 7.86. The zero-order chi connectivity index (χ0) is 20.4. The molecule has 0 fully saturated rings. The van der Waals surface area contributed by atoms with Crippen LogP contribution >= 0.6 is 11.6 Å². The number of halogens is 1. The Morgan fingerprint density at radius 3 is 2.39 bits per heavy atom. The van der Waals surface area contributed by atoms with Gasteiger partial charge >= 0.3 is 0 Å². The van der Waals surface area contributed by atoms with E-state index in [9.17, 15) is 10.1 Å². The number of anilines is 1. The number of carbonyl (C=O) groups is 1. The first-order chi connectivity index (χ1) is 13.3. The summed E-state index contributed by atoms with van der Waals surface area (Å²) in [5, 5.41) is 13.8. The first-order valence-electron chi connectivity index (χ1n) is 9.14. The Labute approximate surface area is 170 Å². The molecular formula is C23H22ClN3O. The quantitative estimate of drug-likeness (QED) is 0.602. The van der Waals surface area contributed by atoms with Gasteiger partial charge in [-0.05, 0) is 61.6 Å². The summed E-state index contributed by atoms with van der Waals surface area (Å²) >= 11 is 6.39. The SMILES string of the molecule is Cc1cccc(C)c1NC(=O)C(C#N)Cc1cc2c(C)ccc(C)c2nc1Cl. The predicted octanol–water partition coefficient (Wildman–Crippen LogP) is 5.44. The monoisotopic (exact) mass is 391 g/mol. The van der Waals surface area contributed by atoms with Crippen molar-refractivity contribution in [3.63, 3.8) is 0 Å². The molecule has 1 atom stereocenters. The second kappa shape index (κ2) is 8.00. The average Bonchev–Trinajstić information content (AvgIpc) is 2.66. The lowest BCUT2D eigenvalue weighted by molar-refractivity contribution is -0.118. The standard InChI is InChI=1S/C23H22ClN3O/c1-13-8-9-16(4)21-19(13)11-17(22(24)26-21)10-18(12-25)23(28)27-20-14(2)6-5-7-15(20)3/h5-9,11,18H,10H2,1-4H3,(H,27,28). The summed E-state index contributed by atoms with van der Waals surface area (Å²) in [7, 11) is 0. The van der Waals surface area contributed by atoms with Crippen molar-refractivity contribution in [1.82, 2.24) is 4.98 Å². The van der Waals surface area contributed by atoms with Crippen LogP contribution < -0.4 is 5.32 Å². The summed E-state index contributed by atoms with van der Waals surface area (Å²) in [5.41, 5.74) is 6.34. The van der Waals surface area contributed by atoms with Crippen LogP contribution in [-0.2, 0) is 11.2 Å². The highest BCUT2D eigenvalue weighted by Crippen LogP contribution is 2.28. The number of amides is 1. The lowest BCUT2D eigenvalue weighted by Crippen LogP contribution is -2.24. The number of para-hydroxylation sites is 1. The van der Waals surface area contributed by atoms with E-state index in [1.54, 1.807) is 0 Å². The maximum atomic E-state index is 12.8. The highest BCUT2D eigenvalue weighted by molar-refractivity contribution is 6.30. The Hall–Kier alpha value is -2.90. The maximum Gasteiger partial charge on any atom is 0.242 e. The van der Waals surface area contributed by atoms with E-state index >= 15 is 0 Å². The van der Waals surface area contributed by atoms with Crippen molar-refractivity contribution < 1.29 is 4.79 Å². The Balaban J connectivity index is 1.91. The molecular weight excluding hydrogens is 370 g/mol. The molecule has 0 aliphatic heterocycles. The molecule has 3 aromatic rings. The number of aromatic nitrogens is 1. The molecule has 1 amide bonds. The second-order valence-electron chi connectivity index (χ2n) is 7.18. The van der Waals surface area contributed by atoms with Gasteiger partial charge in [-0.2, -0.15) is 5.26 Å². The lowest BCUT2D eigenvalue weighted by atomic mass is 9.97. The fourth-order valence-electron chi connectivity index (χ4n) is 3.33. The molecule has 142 valence electrons. The molecule has 0 saturated carbocycles. The van der Waals surface area contributed by atoms with Gasteiger partial charge in [0, 0.05) is 17.5 Å². The number of aryl methyl sites for hydroxylation is 4. The van der Waals surface area contributed by atoms with Crippen LogP contribution in [-0.4, -0.2) is 10.9 Å². The molecule has 1 heterocycles. The van der Waals surface area contributed by atoms with Crippen LogP contribution in [0.3, 0.4) is 0 Å². The second-order valence-corrected chi connectivity index (χ2v) is 7.53. The molecule has 28 heavy (non-hydrogen) atoms. The summed E-state index contributed by atoms with van der Waals surface area (Å²) in [6, 6.07) is 13.9. The van der Waals surface area contributed by atoms with Crippen LogP contribution in [0.4, 0.5) is 5.69 Å². The Morgan fingerprint density at radius 2 is 1.75 bits per heavy atom. The number of hydrogen-bond acceptors (Lipinski definition) is 3. The number of pyridine rings is 1. The van der Waals surface area contributed by atoms with Gasteiger partial charge in [-0.25, -0.2) is 4.98 Å². The van der Waals surface area contributed by atoms with E-state index in [0.717, 1.165) is 38.8 Å². The van der Waals surface area contributed by atoms with E-state index in [0.29, 0.717) is 10.7 Å². The van der Waals surface area contributed by atoms with Gasteiger partial charge in [0.05, 0.1) is 11.6 Å². The molecule has 0 aliphatic rings. The number of hydrogen-bond donors (Lipinski definition) is 1. The van der Waals surface area contributed by atoms with Crippen molar-refractivity contribution in [2.75, 3.05) is 5.32 Å². The predicted molar refractivity (Wildman–Crippen MR) is 114 cm³/mol. The topological polar surface area (TPSA) is 65.8 Å². The van der Waals surface area contributed by atoms with Gasteiger partial charge in [0.25, 0.3) is 0 Å². The van der Waals surface area contributed by atoms with Crippen LogP contribution in [0, 0.1) is 44.9 Å². The average molecular weight is 392 g/mol. The smallest absolute Gasteiger partial charge is 0.242 e. The van der Waals surface area contributed by atoms with E-state index in [4.69, 9.17) is 11.6 Å². The minimum Gasteiger partial charge on any atom is -0.324 e. The summed E-state index contributed by atoms with van der Waals surface area (Å²) < 4.78 is 0. The number of nitriles is 1. The molecule has 5 heteroatoms. The number of rotatable bonds is 4. The van der Waals surface area contributed by atoms with Crippen LogP contribution in [0.15, 0.2) is 36.4 Å². The minimum atomic E-state index is -0.860. The molecule has 0 spiro atoms. The molecule has 1 N–H and O–H groups in total. The minimum absolute atomic E-state index is 0.211. The third-order valence-electron chi connectivity index (χ3n) is 5.06. The Kier molecular flexibility index (Phi) is 5.67. The Morgan fingerprint density at radius 1 is 1.11 bits per heavy atom. The maximum absolute atomic E-state index is 12.8. The number of nitrogens with one attached hydrogen (secondary N) is 1. The van der Waals surface area contributed by atoms with Crippen LogP contribution in [0.2, 0.25) is 5.15 Å². The van der Waals surface area contributed by atoms with Crippen molar-refractivity contribution in [3.8, 4) is 6.07 Å². The Bertz CT molecular complexity index is 1090. The molecule has 0 aliphatic carbocycles. The molecule has 2 aromatic carbocycles. The van der Waals surface area contributed by atoms with Crippen molar-refractivity contribution in [2.45, 2.75) is 34.1 Å². The van der Waals surface area contributed by atoms with Crippen molar-refractivity contribution >= 4 is 34.1 Å². The van der Waals surface area contributed by atoms with E-state index < -0.39 is 5.92 Å². The van der Waals surface area contributed by atoms with Gasteiger partial charge in [0.1, 0.15) is 11.1 Å². The number of nitrogens with zero attached hydrogens (tertiary/aromatic N) is 2. The first-order valence-corrected chi connectivity index (χ1v) is 9.51. The number of benzene rings is 2. The molecule has 0 bridgehead atoms. The highest BCUT2D eigenvalue weighted by Gasteiger charge is 2.22. The van der Waals surface area contributed by atoms with Crippen LogP contribution in [0.1, 0.15) is 27.8 Å². The van der Waals surface area contributed by atoms with E-state index in [1.165, 1.54) is 0 Å². The van der Waals surface area contributed by atoms with Crippen LogP contribution in [0.5, 0.6) is 0 Å². The fraction of sp³-hybridized carbons (Fsp3) is 0.261. The summed E-state index contributed by atoms with van der Waals surface area (Å²) in [5.74, 6) is -1.20. The van der Waals surface area contributed by atoms with Crippen LogP contribution in [0.25, 0.3) is 10.9 Å². The van der Waals surface area contributed by atoms with Crippen molar-refractivity contribution in [3.05, 3.63) is 69.4 Å². The number of fused-ring (bicyclic) bond motifs is 1. The van der Waals surface area contributed by atoms with Gasteiger partial charge in [0.2, 0.25) is 5.91 Å². The lowest BCUT2D eigenvalue weighted by Gasteiger charge is -2.15. The summed E-state index contributed by atoms with van der Waals surface area (Å²) in [6.07, 6.45) is 0.211. The molecule has 3 rings (SSSR count). The van der Waals surface area contributed by atoms with Gasteiger partial charge in [0.15, 0.2) is 0 Å². The zero-order valence-corrected chi connectivity index (χ0v) is 17.2. The van der Waals surface area contributed by atoms with Gasteiger partial charge in [-0.15, -0.1) is 0 Å². The third kappa shape index (κ3) is 3.85. The van der Waals surface area contributed by atoms with Crippen molar-refractivity contribution in [1.29, 1.82) is 5.26 Å². The van der Waals surface area contributed by atoms with E-state index in [1.807, 2.05) is 64.1 Å². The zero-order valence-electron chi connectivity index (χ0n) is 16.4. The van der Waals surface area contributed by atoms with E-state index in [-0.39, 0.29) is 12.3 Å². The molecule has 1 aromatic heterocycles. The molecule has 4 nitrogen and oxygen atoms in total. The third-order valence-corrected chi connectivity index (χ3v) is 5.38. The number of carbonyl (C=O) groups excluding carboxylic acids is 1. The van der Waals surface area contributed by atoms with Gasteiger partial charge < -0.3 is 5.32 Å². The fourth-order valence-corrected chi connectivity index (χ4v) is 3.55. The van der Waals surface area contributed by atoms with Gasteiger partial charge in [-0.3, -0.25) is 4.79 Å². The van der Waals surface area contributed by atoms with Crippen molar-refractivity contribution in [2.24, 2.45) is 5.92 Å². The largest absolute Gasteiger partial charge is 0.324 e. The van der Waals surface area contributed by atoms with E-state index in [2.05, 4.69) is 16.4 Å².